The lowest BCUT2D eigenvalue weighted by molar-refractivity contribution is 0.393. The molecule has 0 bridgehead atoms. The maximum atomic E-state index is 12.3. The van der Waals surface area contributed by atoms with Gasteiger partial charge in [0.25, 0.3) is 0 Å². The van der Waals surface area contributed by atoms with Crippen molar-refractivity contribution in [3.63, 3.8) is 0 Å². The molecule has 0 radical (unpaired) electrons. The SMILES string of the molecule is O=S(=O)(Cc1ccccc1)c1nnc(CNS(=O)(=O)c2ccccc2)o1. The second-order valence-corrected chi connectivity index (χ2v) is 8.98. The maximum Gasteiger partial charge on any atom is 0.335 e. The van der Waals surface area contributed by atoms with E-state index in [2.05, 4.69) is 14.9 Å². The van der Waals surface area contributed by atoms with Crippen molar-refractivity contribution in [2.75, 3.05) is 0 Å². The average molecular weight is 393 g/mol. The van der Waals surface area contributed by atoms with Gasteiger partial charge >= 0.3 is 5.22 Å². The molecule has 0 saturated heterocycles. The lowest BCUT2D eigenvalue weighted by Crippen LogP contribution is -2.23. The van der Waals surface area contributed by atoms with Gasteiger partial charge in [-0.3, -0.25) is 0 Å². The van der Waals surface area contributed by atoms with E-state index in [9.17, 15) is 16.8 Å². The molecule has 8 nitrogen and oxygen atoms in total. The number of hydrogen-bond donors (Lipinski definition) is 1. The van der Waals surface area contributed by atoms with Crippen molar-refractivity contribution in [3.05, 3.63) is 72.1 Å². The van der Waals surface area contributed by atoms with Gasteiger partial charge < -0.3 is 4.42 Å². The van der Waals surface area contributed by atoms with Crippen LogP contribution in [0.15, 0.2) is 75.2 Å². The number of rotatable bonds is 7. The Morgan fingerprint density at radius 1 is 0.846 bits per heavy atom. The minimum absolute atomic E-state index is 0.0800. The zero-order chi connectivity index (χ0) is 18.6. The van der Waals surface area contributed by atoms with Crippen LogP contribution in [0.25, 0.3) is 0 Å². The number of nitrogens with zero attached hydrogens (tertiary/aromatic N) is 2. The van der Waals surface area contributed by atoms with Crippen molar-refractivity contribution in [2.45, 2.75) is 22.4 Å². The van der Waals surface area contributed by atoms with Gasteiger partial charge in [-0.25, -0.2) is 21.6 Å². The molecule has 10 heteroatoms. The Balaban J connectivity index is 1.70. The summed E-state index contributed by atoms with van der Waals surface area (Å²) in [5.41, 5.74) is 0.581. The molecule has 0 fully saturated rings. The van der Waals surface area contributed by atoms with Crippen molar-refractivity contribution < 1.29 is 21.3 Å². The Labute approximate surface area is 150 Å². The summed E-state index contributed by atoms with van der Waals surface area (Å²) in [7, 11) is -7.58. The van der Waals surface area contributed by atoms with E-state index in [-0.39, 0.29) is 23.1 Å². The van der Waals surface area contributed by atoms with Crippen LogP contribution >= 0.6 is 0 Å². The van der Waals surface area contributed by atoms with Crippen LogP contribution < -0.4 is 4.72 Å². The zero-order valence-electron chi connectivity index (χ0n) is 13.4. The number of sulfone groups is 1. The molecule has 0 atom stereocenters. The van der Waals surface area contributed by atoms with Crippen LogP contribution in [0, 0.1) is 0 Å². The van der Waals surface area contributed by atoms with Gasteiger partial charge in [0, 0.05) is 0 Å². The Morgan fingerprint density at radius 2 is 1.46 bits per heavy atom. The van der Waals surface area contributed by atoms with Crippen LogP contribution in [-0.4, -0.2) is 27.0 Å². The van der Waals surface area contributed by atoms with Gasteiger partial charge in [0.15, 0.2) is 0 Å². The summed E-state index contributed by atoms with van der Waals surface area (Å²) in [5.74, 6) is -0.429. The van der Waals surface area contributed by atoms with Crippen LogP contribution in [-0.2, 0) is 32.2 Å². The molecule has 0 aliphatic heterocycles. The molecule has 26 heavy (non-hydrogen) atoms. The fourth-order valence-electron chi connectivity index (χ4n) is 2.13. The number of benzene rings is 2. The van der Waals surface area contributed by atoms with Crippen molar-refractivity contribution in [1.29, 1.82) is 0 Å². The molecule has 2 aromatic carbocycles. The molecule has 0 aliphatic carbocycles. The molecule has 3 rings (SSSR count). The predicted octanol–water partition coefficient (Wildman–Crippen LogP) is 1.52. The van der Waals surface area contributed by atoms with Crippen LogP contribution in [0.5, 0.6) is 0 Å². The highest BCUT2D eigenvalue weighted by Crippen LogP contribution is 2.15. The van der Waals surface area contributed by atoms with E-state index >= 15 is 0 Å². The monoisotopic (exact) mass is 393 g/mol. The summed E-state index contributed by atoms with van der Waals surface area (Å²) in [6.45, 7) is -0.314. The number of nitrogens with one attached hydrogen (secondary N) is 1. The Morgan fingerprint density at radius 3 is 2.12 bits per heavy atom. The summed E-state index contributed by atoms with van der Waals surface area (Å²) < 4.78 is 56.3. The van der Waals surface area contributed by atoms with Crippen LogP contribution in [0.1, 0.15) is 11.5 Å². The van der Waals surface area contributed by atoms with E-state index in [0.717, 1.165) is 0 Å². The number of sulfonamides is 1. The average Bonchev–Trinajstić information content (AvgIpc) is 3.12. The molecule has 0 aliphatic rings. The number of aromatic nitrogens is 2. The predicted molar refractivity (Wildman–Crippen MR) is 92.1 cm³/mol. The van der Waals surface area contributed by atoms with E-state index in [1.165, 1.54) is 12.1 Å². The first-order chi connectivity index (χ1) is 12.4. The second kappa shape index (κ2) is 7.36. The van der Waals surface area contributed by atoms with Gasteiger partial charge in [-0.2, -0.15) is 0 Å². The summed E-state index contributed by atoms with van der Waals surface area (Å²) in [4.78, 5) is 0.0800. The first kappa shape index (κ1) is 18.2. The third-order valence-electron chi connectivity index (χ3n) is 3.38. The van der Waals surface area contributed by atoms with E-state index < -0.39 is 25.1 Å². The summed E-state index contributed by atoms with van der Waals surface area (Å²) >= 11 is 0. The maximum absolute atomic E-state index is 12.3. The standard InChI is InChI=1S/C16H15N3O5S2/c20-25(21,12-13-7-3-1-4-8-13)16-19-18-15(24-16)11-17-26(22,23)14-9-5-2-6-10-14/h1-10,17H,11-12H2. The van der Waals surface area contributed by atoms with E-state index in [0.29, 0.717) is 5.56 Å². The molecule has 0 spiro atoms. The molecule has 1 aromatic heterocycles. The smallest absolute Gasteiger partial charge is 0.335 e. The number of hydrogen-bond acceptors (Lipinski definition) is 7. The lowest BCUT2D eigenvalue weighted by atomic mass is 10.2. The highest BCUT2D eigenvalue weighted by atomic mass is 32.2. The molecule has 1 heterocycles. The quantitative estimate of drug-likeness (QED) is 0.646. The highest BCUT2D eigenvalue weighted by Gasteiger charge is 2.23. The largest absolute Gasteiger partial charge is 0.411 e. The summed E-state index contributed by atoms with van der Waals surface area (Å²) in [5, 5.41) is 6.57. The lowest BCUT2D eigenvalue weighted by Gasteiger charge is -2.03. The van der Waals surface area contributed by atoms with Crippen molar-refractivity contribution in [3.8, 4) is 0 Å². The fraction of sp³-hybridized carbons (Fsp3) is 0.125. The van der Waals surface area contributed by atoms with Crippen LogP contribution in [0.2, 0.25) is 0 Å². The van der Waals surface area contributed by atoms with Crippen LogP contribution in [0.4, 0.5) is 0 Å². The Hall–Kier alpha value is -2.56. The second-order valence-electron chi connectivity index (χ2n) is 5.34. The highest BCUT2D eigenvalue weighted by molar-refractivity contribution is 7.90. The molecule has 136 valence electrons. The summed E-state index contributed by atoms with van der Waals surface area (Å²) in [6, 6.07) is 16.3. The molecule has 0 amide bonds. The normalized spacial score (nSPS) is 12.2. The topological polar surface area (TPSA) is 119 Å². The van der Waals surface area contributed by atoms with Gasteiger partial charge in [-0.15, -0.1) is 5.10 Å². The van der Waals surface area contributed by atoms with E-state index in [1.807, 2.05) is 0 Å². The molecular weight excluding hydrogens is 378 g/mol. The van der Waals surface area contributed by atoms with Gasteiger partial charge in [0.05, 0.1) is 17.2 Å². The van der Waals surface area contributed by atoms with Gasteiger partial charge in [0.2, 0.25) is 25.8 Å². The first-order valence-electron chi connectivity index (χ1n) is 7.51. The van der Waals surface area contributed by atoms with Crippen molar-refractivity contribution in [2.24, 2.45) is 0 Å². The third-order valence-corrected chi connectivity index (χ3v) is 6.21. The van der Waals surface area contributed by atoms with Gasteiger partial charge in [-0.1, -0.05) is 53.6 Å². The van der Waals surface area contributed by atoms with Crippen molar-refractivity contribution in [1.82, 2.24) is 14.9 Å². The molecular formula is C16H15N3O5S2. The van der Waals surface area contributed by atoms with Crippen molar-refractivity contribution >= 4 is 19.9 Å². The molecule has 0 unspecified atom stereocenters. The minimum Gasteiger partial charge on any atom is -0.411 e. The molecule has 0 saturated carbocycles. The Kier molecular flexibility index (Phi) is 5.16. The summed E-state index contributed by atoms with van der Waals surface area (Å²) in [6.07, 6.45) is 0. The van der Waals surface area contributed by atoms with Crippen LogP contribution in [0.3, 0.4) is 0 Å². The van der Waals surface area contributed by atoms with E-state index in [4.69, 9.17) is 4.42 Å². The molecule has 3 aromatic rings. The third kappa shape index (κ3) is 4.34. The van der Waals surface area contributed by atoms with E-state index in [1.54, 1.807) is 48.5 Å². The Bertz CT molecular complexity index is 1080. The zero-order valence-corrected chi connectivity index (χ0v) is 15.1. The minimum atomic E-state index is -3.82. The van der Waals surface area contributed by atoms with Gasteiger partial charge in [0.1, 0.15) is 0 Å². The van der Waals surface area contributed by atoms with Gasteiger partial charge in [-0.05, 0) is 17.7 Å². The fourth-order valence-corrected chi connectivity index (χ4v) is 4.27. The first-order valence-corrected chi connectivity index (χ1v) is 10.6. The molecule has 1 N–H and O–H groups in total.